The molecule has 200 valence electrons. The molecule has 0 spiro atoms. The highest BCUT2D eigenvalue weighted by Crippen LogP contribution is 2.37. The quantitative estimate of drug-likeness (QED) is 0.215. The van der Waals surface area contributed by atoms with E-state index in [0.717, 1.165) is 17.9 Å². The van der Waals surface area contributed by atoms with Crippen molar-refractivity contribution >= 4 is 60.4 Å². The largest absolute Gasteiger partial charge is 0.397 e. The minimum Gasteiger partial charge on any atom is -0.397 e. The summed E-state index contributed by atoms with van der Waals surface area (Å²) >= 11 is 1.10. The monoisotopic (exact) mass is 557 g/mol. The molecule has 4 rings (SSSR count). The Bertz CT molecular complexity index is 1570. The van der Waals surface area contributed by atoms with Crippen molar-refractivity contribution in [1.82, 2.24) is 19.6 Å². The van der Waals surface area contributed by atoms with Gasteiger partial charge in [0.05, 0.1) is 16.0 Å². The van der Waals surface area contributed by atoms with E-state index in [1.54, 1.807) is 19.1 Å². The maximum Gasteiger partial charge on any atom is 0.267 e. The van der Waals surface area contributed by atoms with Crippen LogP contribution in [0, 0.1) is 12.7 Å². The molecule has 1 amide bonds. The number of hydrogen-bond acceptors (Lipinski definition) is 9. The Kier molecular flexibility index (Phi) is 8.21. The molecule has 2 aromatic carbocycles. The van der Waals surface area contributed by atoms with Crippen LogP contribution in [0.25, 0.3) is 10.2 Å². The smallest absolute Gasteiger partial charge is 0.267 e. The van der Waals surface area contributed by atoms with E-state index in [2.05, 4.69) is 25.3 Å². The van der Waals surface area contributed by atoms with Crippen LogP contribution in [0.2, 0.25) is 0 Å². The molecule has 2 heterocycles. The number of aryl methyl sites for hydroxylation is 1. The zero-order valence-electron chi connectivity index (χ0n) is 21.1. The van der Waals surface area contributed by atoms with E-state index in [9.17, 15) is 17.6 Å². The number of sulfonamides is 1. The van der Waals surface area contributed by atoms with E-state index in [1.807, 2.05) is 19.0 Å². The van der Waals surface area contributed by atoms with Gasteiger partial charge in [0.15, 0.2) is 0 Å². The summed E-state index contributed by atoms with van der Waals surface area (Å²) < 4.78 is 41.2. The van der Waals surface area contributed by atoms with Gasteiger partial charge in [0, 0.05) is 17.9 Å². The first-order valence-electron chi connectivity index (χ1n) is 11.7. The van der Waals surface area contributed by atoms with Crippen LogP contribution in [-0.4, -0.2) is 56.4 Å². The number of nitrogens with two attached hydrogens (primary N) is 1. The lowest BCUT2D eigenvalue weighted by atomic mass is 10.2. The average molecular weight is 558 g/mol. The molecule has 0 aliphatic carbocycles. The Balaban J connectivity index is 1.49. The molecule has 0 aliphatic heterocycles. The van der Waals surface area contributed by atoms with Crippen LogP contribution in [0.1, 0.15) is 21.7 Å². The van der Waals surface area contributed by atoms with Crippen LogP contribution in [0.15, 0.2) is 53.7 Å². The highest BCUT2D eigenvalue weighted by Gasteiger charge is 2.21. The SMILES string of the molecule is Cc1cc(Nc2ncnc3sc(C(=O)Nc4ccc(S(=O)(=O)NCCCN(C)C)cc4)c(N)c23)ccc1F. The maximum atomic E-state index is 13.6. The first-order chi connectivity index (χ1) is 18.0. The number of hydrogen-bond donors (Lipinski definition) is 4. The van der Waals surface area contributed by atoms with E-state index in [1.165, 1.54) is 36.7 Å². The molecular weight excluding hydrogens is 529 g/mol. The normalized spacial score (nSPS) is 11.7. The molecule has 0 saturated carbocycles. The number of nitrogens with one attached hydrogen (secondary N) is 3. The van der Waals surface area contributed by atoms with Crippen molar-refractivity contribution in [2.45, 2.75) is 18.2 Å². The van der Waals surface area contributed by atoms with Crippen molar-refractivity contribution in [1.29, 1.82) is 0 Å². The van der Waals surface area contributed by atoms with Gasteiger partial charge in [-0.1, -0.05) is 0 Å². The summed E-state index contributed by atoms with van der Waals surface area (Å²) in [6, 6.07) is 10.5. The van der Waals surface area contributed by atoms with Gasteiger partial charge < -0.3 is 21.3 Å². The fraction of sp³-hybridized carbons (Fsp3) is 0.240. The maximum absolute atomic E-state index is 13.6. The van der Waals surface area contributed by atoms with Gasteiger partial charge in [0.2, 0.25) is 10.0 Å². The summed E-state index contributed by atoms with van der Waals surface area (Å²) in [6.45, 7) is 2.75. The first-order valence-corrected chi connectivity index (χ1v) is 14.0. The number of nitrogens with zero attached hydrogens (tertiary/aromatic N) is 3. The van der Waals surface area contributed by atoms with E-state index < -0.39 is 15.9 Å². The van der Waals surface area contributed by atoms with Crippen LogP contribution in [0.5, 0.6) is 0 Å². The summed E-state index contributed by atoms with van der Waals surface area (Å²) in [4.78, 5) is 24.3. The Morgan fingerprint density at radius 3 is 2.50 bits per heavy atom. The lowest BCUT2D eigenvalue weighted by Crippen LogP contribution is -2.27. The number of thiophene rings is 1. The number of halogens is 1. The molecule has 0 radical (unpaired) electrons. The van der Waals surface area contributed by atoms with E-state index >= 15 is 0 Å². The van der Waals surface area contributed by atoms with Gasteiger partial charge in [0.25, 0.3) is 5.91 Å². The van der Waals surface area contributed by atoms with Gasteiger partial charge >= 0.3 is 0 Å². The van der Waals surface area contributed by atoms with Crippen molar-refractivity contribution in [3.63, 3.8) is 0 Å². The molecule has 0 saturated heterocycles. The zero-order chi connectivity index (χ0) is 27.4. The van der Waals surface area contributed by atoms with Crippen molar-refractivity contribution in [3.8, 4) is 0 Å². The zero-order valence-corrected chi connectivity index (χ0v) is 22.7. The second-order valence-corrected chi connectivity index (χ2v) is 11.6. The predicted octanol–water partition coefficient (Wildman–Crippen LogP) is 3.95. The predicted molar refractivity (Wildman–Crippen MR) is 149 cm³/mol. The fourth-order valence-corrected chi connectivity index (χ4v) is 5.70. The fourth-order valence-electron chi connectivity index (χ4n) is 3.67. The van der Waals surface area contributed by atoms with Gasteiger partial charge in [-0.15, -0.1) is 11.3 Å². The summed E-state index contributed by atoms with van der Waals surface area (Å²) in [6.07, 6.45) is 2.04. The molecule has 4 aromatic rings. The number of carbonyl (C=O) groups is 1. The van der Waals surface area contributed by atoms with Gasteiger partial charge in [-0.2, -0.15) is 0 Å². The second-order valence-electron chi connectivity index (χ2n) is 8.87. The van der Waals surface area contributed by atoms with Crippen molar-refractivity contribution in [2.24, 2.45) is 0 Å². The molecule has 0 unspecified atom stereocenters. The molecule has 38 heavy (non-hydrogen) atoms. The highest BCUT2D eigenvalue weighted by atomic mass is 32.2. The second kappa shape index (κ2) is 11.4. The third-order valence-corrected chi connectivity index (χ3v) is 8.24. The topological polar surface area (TPSA) is 142 Å². The van der Waals surface area contributed by atoms with Gasteiger partial charge in [0.1, 0.15) is 27.7 Å². The van der Waals surface area contributed by atoms with Crippen LogP contribution >= 0.6 is 11.3 Å². The van der Waals surface area contributed by atoms with Crippen LogP contribution in [-0.2, 0) is 10.0 Å². The van der Waals surface area contributed by atoms with Crippen molar-refractivity contribution in [2.75, 3.05) is 43.6 Å². The minimum atomic E-state index is -3.66. The summed E-state index contributed by atoms with van der Waals surface area (Å²) in [5, 5.41) is 6.34. The first kappa shape index (κ1) is 27.4. The van der Waals surface area contributed by atoms with Gasteiger partial charge in [-0.3, -0.25) is 4.79 Å². The number of rotatable bonds is 10. The molecule has 0 atom stereocenters. The third kappa shape index (κ3) is 6.25. The molecule has 5 N–H and O–H groups in total. The number of carbonyl (C=O) groups excluding carboxylic acids is 1. The standard InChI is InChI=1S/C25H28FN7O3S2/c1-15-13-17(7-10-19(15)26)31-23-20-21(27)22(37-25(20)29-14-28-23)24(34)32-16-5-8-18(9-6-16)38(35,36)30-11-4-12-33(2)3/h5-10,13-14,30H,4,11-12,27H2,1-3H3,(H,32,34)(H,28,29,31). The Labute approximate surface area is 224 Å². The summed E-state index contributed by atoms with van der Waals surface area (Å²) in [5.41, 5.74) is 8.03. The molecule has 0 aliphatic rings. The van der Waals surface area contributed by atoms with Crippen LogP contribution < -0.4 is 21.1 Å². The third-order valence-electron chi connectivity index (χ3n) is 5.65. The van der Waals surface area contributed by atoms with Crippen LogP contribution in [0.3, 0.4) is 0 Å². The molecule has 13 heteroatoms. The molecule has 0 fully saturated rings. The van der Waals surface area contributed by atoms with E-state index in [4.69, 9.17) is 5.73 Å². The van der Waals surface area contributed by atoms with Crippen molar-refractivity contribution < 1.29 is 17.6 Å². The minimum absolute atomic E-state index is 0.101. The van der Waals surface area contributed by atoms with Crippen molar-refractivity contribution in [3.05, 3.63) is 65.0 Å². The molecule has 10 nitrogen and oxygen atoms in total. The molecule has 0 bridgehead atoms. The van der Waals surface area contributed by atoms with Gasteiger partial charge in [-0.25, -0.2) is 27.5 Å². The summed E-state index contributed by atoms with van der Waals surface area (Å²) in [7, 11) is 0.187. The number of amides is 1. The Morgan fingerprint density at radius 1 is 1.11 bits per heavy atom. The number of benzene rings is 2. The van der Waals surface area contributed by atoms with E-state index in [-0.39, 0.29) is 21.3 Å². The Morgan fingerprint density at radius 2 is 1.82 bits per heavy atom. The summed E-state index contributed by atoms with van der Waals surface area (Å²) in [5.74, 6) is -0.396. The number of anilines is 4. The lowest BCUT2D eigenvalue weighted by molar-refractivity contribution is 0.103. The molecular formula is C25H28FN7O3S2. The lowest BCUT2D eigenvalue weighted by Gasteiger charge is -2.11. The number of fused-ring (bicyclic) bond motifs is 1. The number of aromatic nitrogens is 2. The van der Waals surface area contributed by atoms with Gasteiger partial charge in [-0.05, 0) is 82.0 Å². The van der Waals surface area contributed by atoms with E-state index in [0.29, 0.717) is 45.9 Å². The van der Waals surface area contributed by atoms with Crippen LogP contribution in [0.4, 0.5) is 27.3 Å². The molecule has 2 aromatic heterocycles. The average Bonchev–Trinajstić information content (AvgIpc) is 3.22. The Hall–Kier alpha value is -3.65. The highest BCUT2D eigenvalue weighted by molar-refractivity contribution is 7.89. The number of nitrogen functional groups attached to an aromatic ring is 1.